The highest BCUT2D eigenvalue weighted by Crippen LogP contribution is 2.41. The van der Waals surface area contributed by atoms with E-state index in [2.05, 4.69) is 24.5 Å². The molecular formula is C8H10S. The summed E-state index contributed by atoms with van der Waals surface area (Å²) in [5.41, 5.74) is 1.58. The smallest absolute Gasteiger partial charge is 0.0361 e. The van der Waals surface area contributed by atoms with E-state index in [-0.39, 0.29) is 0 Å². The maximum atomic E-state index is 2.37. The molecule has 1 heteroatoms. The Hall–Kier alpha value is -0.170. The van der Waals surface area contributed by atoms with Crippen LogP contribution in [0.3, 0.4) is 0 Å². The maximum Gasteiger partial charge on any atom is 0.0361 e. The van der Waals surface area contributed by atoms with E-state index in [9.17, 15) is 0 Å². The lowest BCUT2D eigenvalue weighted by atomic mass is 10.1. The van der Waals surface area contributed by atoms with Gasteiger partial charge in [-0.1, -0.05) is 17.7 Å². The first-order chi connectivity index (χ1) is 4.38. The molecule has 2 aliphatic rings. The number of hydrogen-bond donors (Lipinski definition) is 0. The highest BCUT2D eigenvalue weighted by atomic mass is 32.2. The summed E-state index contributed by atoms with van der Waals surface area (Å²) in [4.78, 5) is 0. The topological polar surface area (TPSA) is 0 Å². The molecule has 0 spiro atoms. The summed E-state index contributed by atoms with van der Waals surface area (Å²) in [6.45, 7) is 2.24. The molecule has 1 heterocycles. The Kier molecular flexibility index (Phi) is 1.19. The maximum absolute atomic E-state index is 2.37. The van der Waals surface area contributed by atoms with Crippen molar-refractivity contribution in [3.8, 4) is 0 Å². The van der Waals surface area contributed by atoms with Crippen molar-refractivity contribution >= 4 is 11.8 Å². The average Bonchev–Trinajstić information content (AvgIpc) is 2.35. The molecular weight excluding hydrogens is 128 g/mol. The van der Waals surface area contributed by atoms with Gasteiger partial charge >= 0.3 is 0 Å². The molecule has 48 valence electrons. The van der Waals surface area contributed by atoms with Crippen LogP contribution >= 0.6 is 11.8 Å². The molecule has 0 nitrogen and oxygen atoms in total. The van der Waals surface area contributed by atoms with Crippen LogP contribution < -0.4 is 0 Å². The third-order valence-corrected chi connectivity index (χ3v) is 3.43. The van der Waals surface area contributed by atoms with Gasteiger partial charge in [0.2, 0.25) is 0 Å². The van der Waals surface area contributed by atoms with Gasteiger partial charge in [-0.05, 0) is 24.7 Å². The molecule has 0 aromatic rings. The number of rotatable bonds is 0. The molecule has 0 fully saturated rings. The van der Waals surface area contributed by atoms with Gasteiger partial charge in [-0.2, -0.15) is 0 Å². The van der Waals surface area contributed by atoms with E-state index in [0.717, 1.165) is 11.2 Å². The van der Waals surface area contributed by atoms with Gasteiger partial charge in [0.15, 0.2) is 0 Å². The number of allylic oxidation sites excluding steroid dienone is 2. The van der Waals surface area contributed by atoms with Crippen molar-refractivity contribution in [3.05, 3.63) is 23.1 Å². The molecule has 0 aromatic heterocycles. The molecule has 2 atom stereocenters. The van der Waals surface area contributed by atoms with Crippen LogP contribution in [-0.4, -0.2) is 5.25 Å². The van der Waals surface area contributed by atoms with Crippen LogP contribution in [-0.2, 0) is 0 Å². The monoisotopic (exact) mass is 138 g/mol. The molecule has 0 N–H and O–H groups in total. The molecule has 0 saturated heterocycles. The van der Waals surface area contributed by atoms with Crippen molar-refractivity contribution in [3.63, 3.8) is 0 Å². The Bertz CT molecular complexity index is 179. The van der Waals surface area contributed by atoms with Crippen LogP contribution in [0.15, 0.2) is 23.1 Å². The molecule has 0 radical (unpaired) electrons. The summed E-state index contributed by atoms with van der Waals surface area (Å²) >= 11 is 1.97. The SMILES string of the molecule is CC1=CCC2C=CSC12. The van der Waals surface area contributed by atoms with Crippen molar-refractivity contribution in [2.75, 3.05) is 0 Å². The fraction of sp³-hybridized carbons (Fsp3) is 0.500. The molecule has 1 aliphatic carbocycles. The van der Waals surface area contributed by atoms with Gasteiger partial charge in [0, 0.05) is 5.25 Å². The van der Waals surface area contributed by atoms with E-state index in [1.54, 1.807) is 5.57 Å². The Morgan fingerprint density at radius 3 is 3.33 bits per heavy atom. The Labute approximate surface area is 60.0 Å². The Morgan fingerprint density at radius 1 is 1.67 bits per heavy atom. The molecule has 0 bridgehead atoms. The summed E-state index contributed by atoms with van der Waals surface area (Å²) in [5, 5.41) is 3.05. The van der Waals surface area contributed by atoms with E-state index in [4.69, 9.17) is 0 Å². The van der Waals surface area contributed by atoms with E-state index >= 15 is 0 Å². The lowest BCUT2D eigenvalue weighted by Gasteiger charge is -2.08. The van der Waals surface area contributed by atoms with E-state index in [0.29, 0.717) is 0 Å². The molecule has 1 aliphatic heterocycles. The van der Waals surface area contributed by atoms with Gasteiger partial charge in [0.1, 0.15) is 0 Å². The minimum Gasteiger partial charge on any atom is -0.126 e. The summed E-state index contributed by atoms with van der Waals surface area (Å²) < 4.78 is 0. The zero-order valence-corrected chi connectivity index (χ0v) is 6.32. The first kappa shape index (κ1) is 5.60. The second-order valence-corrected chi connectivity index (χ2v) is 3.79. The molecule has 9 heavy (non-hydrogen) atoms. The van der Waals surface area contributed by atoms with Crippen molar-refractivity contribution in [2.24, 2.45) is 5.92 Å². The molecule has 0 saturated carbocycles. The van der Waals surface area contributed by atoms with Crippen LogP contribution in [0.5, 0.6) is 0 Å². The average molecular weight is 138 g/mol. The highest BCUT2D eigenvalue weighted by Gasteiger charge is 2.28. The van der Waals surface area contributed by atoms with Gasteiger partial charge in [-0.15, -0.1) is 11.8 Å². The van der Waals surface area contributed by atoms with Crippen molar-refractivity contribution < 1.29 is 0 Å². The standard InChI is InChI=1S/C8H10S/c1-6-2-3-7-4-5-9-8(6)7/h2,4-5,7-8H,3H2,1H3. The largest absolute Gasteiger partial charge is 0.126 e. The lowest BCUT2D eigenvalue weighted by molar-refractivity contribution is 0.730. The van der Waals surface area contributed by atoms with Gasteiger partial charge < -0.3 is 0 Å². The molecule has 2 unspecified atom stereocenters. The Morgan fingerprint density at radius 2 is 2.56 bits per heavy atom. The minimum absolute atomic E-state index is 0.810. The second kappa shape index (κ2) is 1.91. The zero-order valence-electron chi connectivity index (χ0n) is 5.50. The van der Waals surface area contributed by atoms with Gasteiger partial charge in [-0.3, -0.25) is 0 Å². The van der Waals surface area contributed by atoms with Crippen LogP contribution in [0.25, 0.3) is 0 Å². The van der Waals surface area contributed by atoms with Crippen LogP contribution in [0.4, 0.5) is 0 Å². The second-order valence-electron chi connectivity index (χ2n) is 2.73. The predicted octanol–water partition coefficient (Wildman–Crippen LogP) is 2.58. The van der Waals surface area contributed by atoms with E-state index in [1.165, 1.54) is 6.42 Å². The van der Waals surface area contributed by atoms with Gasteiger partial charge in [0.25, 0.3) is 0 Å². The predicted molar refractivity (Wildman–Crippen MR) is 42.4 cm³/mol. The normalized spacial score (nSPS) is 39.0. The fourth-order valence-electron chi connectivity index (χ4n) is 1.52. The summed E-state index contributed by atoms with van der Waals surface area (Å²) in [7, 11) is 0. The van der Waals surface area contributed by atoms with Crippen molar-refractivity contribution in [1.29, 1.82) is 0 Å². The minimum atomic E-state index is 0.810. The highest BCUT2D eigenvalue weighted by molar-refractivity contribution is 8.03. The number of fused-ring (bicyclic) bond motifs is 1. The first-order valence-corrected chi connectivity index (χ1v) is 4.31. The lowest BCUT2D eigenvalue weighted by Crippen LogP contribution is -2.04. The fourth-order valence-corrected chi connectivity index (χ4v) is 2.69. The van der Waals surface area contributed by atoms with Crippen LogP contribution in [0.2, 0.25) is 0 Å². The third-order valence-electron chi connectivity index (χ3n) is 2.10. The number of thioether (sulfide) groups is 1. The molecule has 0 aromatic carbocycles. The van der Waals surface area contributed by atoms with Crippen LogP contribution in [0.1, 0.15) is 13.3 Å². The van der Waals surface area contributed by atoms with Crippen molar-refractivity contribution in [2.45, 2.75) is 18.6 Å². The summed E-state index contributed by atoms with van der Waals surface area (Å²) in [5.74, 6) is 0.843. The van der Waals surface area contributed by atoms with Crippen LogP contribution in [0, 0.1) is 5.92 Å². The van der Waals surface area contributed by atoms with Gasteiger partial charge in [-0.25, -0.2) is 0 Å². The molecule has 2 rings (SSSR count). The first-order valence-electron chi connectivity index (χ1n) is 3.37. The quantitative estimate of drug-likeness (QED) is 0.464. The number of hydrogen-bond acceptors (Lipinski definition) is 1. The molecule has 0 amide bonds. The zero-order chi connectivity index (χ0) is 6.27. The van der Waals surface area contributed by atoms with Gasteiger partial charge in [0.05, 0.1) is 0 Å². The van der Waals surface area contributed by atoms with E-state index in [1.807, 2.05) is 11.8 Å². The summed E-state index contributed by atoms with van der Waals surface area (Å²) in [6.07, 6.45) is 5.98. The van der Waals surface area contributed by atoms with E-state index < -0.39 is 0 Å². The summed E-state index contributed by atoms with van der Waals surface area (Å²) in [6, 6.07) is 0. The third kappa shape index (κ3) is 0.751. The Balaban J connectivity index is 2.22. The van der Waals surface area contributed by atoms with Crippen molar-refractivity contribution in [1.82, 2.24) is 0 Å².